The highest BCUT2D eigenvalue weighted by atomic mass is 79.9. The SMILES string of the molecule is CCOc1ccccc1/C=N\n1c(C)nnc1SCc1ccc(Br)cc1. The predicted molar refractivity (Wildman–Crippen MR) is 109 cm³/mol. The van der Waals surface area contributed by atoms with Crippen molar-refractivity contribution in [3.8, 4) is 5.75 Å². The Morgan fingerprint density at radius 2 is 1.92 bits per heavy atom. The van der Waals surface area contributed by atoms with Crippen LogP contribution in [0.4, 0.5) is 0 Å². The van der Waals surface area contributed by atoms with Gasteiger partial charge in [-0.15, -0.1) is 10.2 Å². The minimum Gasteiger partial charge on any atom is -0.493 e. The third-order valence-corrected chi connectivity index (χ3v) is 5.10. The number of ether oxygens (including phenoxy) is 1. The van der Waals surface area contributed by atoms with Crippen LogP contribution >= 0.6 is 27.7 Å². The van der Waals surface area contributed by atoms with E-state index in [4.69, 9.17) is 4.74 Å². The van der Waals surface area contributed by atoms with E-state index in [-0.39, 0.29) is 0 Å². The van der Waals surface area contributed by atoms with Gasteiger partial charge < -0.3 is 4.74 Å². The van der Waals surface area contributed by atoms with Gasteiger partial charge in [0.15, 0.2) is 5.82 Å². The van der Waals surface area contributed by atoms with Crippen LogP contribution in [0, 0.1) is 6.92 Å². The van der Waals surface area contributed by atoms with Gasteiger partial charge in [0, 0.05) is 15.8 Å². The first kappa shape index (κ1) is 18.7. The molecule has 0 radical (unpaired) electrons. The molecule has 0 aliphatic rings. The fraction of sp³-hybridized carbons (Fsp3) is 0.211. The van der Waals surface area contributed by atoms with Gasteiger partial charge in [-0.3, -0.25) is 0 Å². The van der Waals surface area contributed by atoms with E-state index in [1.54, 1.807) is 22.7 Å². The molecule has 0 amide bonds. The Morgan fingerprint density at radius 3 is 2.69 bits per heavy atom. The fourth-order valence-corrected chi connectivity index (χ4v) is 3.44. The summed E-state index contributed by atoms with van der Waals surface area (Å²) in [7, 11) is 0. The number of para-hydroxylation sites is 1. The summed E-state index contributed by atoms with van der Waals surface area (Å²) in [4.78, 5) is 0. The van der Waals surface area contributed by atoms with Crippen LogP contribution in [0.15, 0.2) is 63.3 Å². The molecule has 1 heterocycles. The predicted octanol–water partition coefficient (Wildman–Crippen LogP) is 4.92. The van der Waals surface area contributed by atoms with Gasteiger partial charge in [-0.25, -0.2) is 0 Å². The second-order valence-corrected chi connectivity index (χ2v) is 7.33. The molecule has 5 nitrogen and oxygen atoms in total. The molecule has 0 aliphatic heterocycles. The Kier molecular flexibility index (Phi) is 6.46. The first-order valence-electron chi connectivity index (χ1n) is 8.23. The van der Waals surface area contributed by atoms with Gasteiger partial charge in [-0.1, -0.05) is 52.0 Å². The van der Waals surface area contributed by atoms with E-state index in [1.165, 1.54) is 5.56 Å². The molecule has 0 fully saturated rings. The maximum atomic E-state index is 5.64. The molecular weight excluding hydrogens is 412 g/mol. The molecule has 7 heteroatoms. The Labute approximate surface area is 165 Å². The molecular formula is C19H19BrN4OS. The van der Waals surface area contributed by atoms with Gasteiger partial charge in [-0.2, -0.15) is 9.78 Å². The number of thioether (sulfide) groups is 1. The number of benzene rings is 2. The van der Waals surface area contributed by atoms with Crippen LogP contribution < -0.4 is 4.74 Å². The van der Waals surface area contributed by atoms with E-state index in [0.29, 0.717) is 6.61 Å². The summed E-state index contributed by atoms with van der Waals surface area (Å²) < 4.78 is 8.47. The Morgan fingerprint density at radius 1 is 1.15 bits per heavy atom. The molecule has 26 heavy (non-hydrogen) atoms. The van der Waals surface area contributed by atoms with E-state index in [2.05, 4.69) is 43.4 Å². The largest absolute Gasteiger partial charge is 0.493 e. The van der Waals surface area contributed by atoms with Crippen molar-refractivity contribution in [3.05, 3.63) is 70.0 Å². The molecule has 1 aromatic heterocycles. The molecule has 0 aliphatic carbocycles. The van der Waals surface area contributed by atoms with E-state index < -0.39 is 0 Å². The number of aromatic nitrogens is 3. The van der Waals surface area contributed by atoms with Crippen molar-refractivity contribution in [1.29, 1.82) is 0 Å². The summed E-state index contributed by atoms with van der Waals surface area (Å²) in [6.07, 6.45) is 1.78. The standard InChI is InChI=1S/C19H19BrN4OS/c1-3-25-18-7-5-4-6-16(18)12-21-24-14(2)22-23-19(24)26-13-15-8-10-17(20)11-9-15/h4-12H,3,13H2,1-2H3/b21-12-. The summed E-state index contributed by atoms with van der Waals surface area (Å²) in [5, 5.41) is 13.7. The zero-order valence-electron chi connectivity index (χ0n) is 14.6. The molecule has 134 valence electrons. The lowest BCUT2D eigenvalue weighted by Crippen LogP contribution is -1.99. The Balaban J connectivity index is 1.76. The third-order valence-electron chi connectivity index (χ3n) is 3.58. The van der Waals surface area contributed by atoms with Crippen LogP contribution in [0.1, 0.15) is 23.9 Å². The fourth-order valence-electron chi connectivity index (χ4n) is 2.28. The molecule has 0 spiro atoms. The average molecular weight is 431 g/mol. The zero-order valence-corrected chi connectivity index (χ0v) is 17.0. The van der Waals surface area contributed by atoms with E-state index in [0.717, 1.165) is 32.5 Å². The second-order valence-electron chi connectivity index (χ2n) is 5.47. The highest BCUT2D eigenvalue weighted by molar-refractivity contribution is 9.10. The summed E-state index contributed by atoms with van der Waals surface area (Å²) in [5.41, 5.74) is 2.14. The van der Waals surface area contributed by atoms with Crippen LogP contribution in [0.2, 0.25) is 0 Å². The minimum atomic E-state index is 0.616. The van der Waals surface area contributed by atoms with Gasteiger partial charge in [0.1, 0.15) is 5.75 Å². The number of halogens is 1. The van der Waals surface area contributed by atoms with Crippen molar-refractivity contribution in [3.63, 3.8) is 0 Å². The molecule has 3 rings (SSSR count). The molecule has 3 aromatic rings. The first-order chi connectivity index (χ1) is 12.7. The van der Waals surface area contributed by atoms with Crippen LogP contribution in [0.25, 0.3) is 0 Å². The smallest absolute Gasteiger partial charge is 0.212 e. The van der Waals surface area contributed by atoms with Crippen molar-refractivity contribution in [2.45, 2.75) is 24.8 Å². The number of hydrogen-bond acceptors (Lipinski definition) is 5. The topological polar surface area (TPSA) is 52.3 Å². The van der Waals surface area contributed by atoms with Crippen LogP contribution in [-0.2, 0) is 5.75 Å². The minimum absolute atomic E-state index is 0.616. The normalized spacial score (nSPS) is 11.2. The summed E-state index contributed by atoms with van der Waals surface area (Å²) >= 11 is 5.06. The number of aryl methyl sites for hydroxylation is 1. The van der Waals surface area contributed by atoms with Crippen LogP contribution in [0.5, 0.6) is 5.75 Å². The second kappa shape index (κ2) is 9.00. The average Bonchev–Trinajstić information content (AvgIpc) is 3.00. The van der Waals surface area contributed by atoms with Crippen LogP contribution in [0.3, 0.4) is 0 Å². The number of hydrogen-bond donors (Lipinski definition) is 0. The number of rotatable bonds is 7. The van der Waals surface area contributed by atoms with Gasteiger partial charge >= 0.3 is 0 Å². The lowest BCUT2D eigenvalue weighted by atomic mass is 10.2. The van der Waals surface area contributed by atoms with Crippen molar-refractivity contribution in [1.82, 2.24) is 14.9 Å². The van der Waals surface area contributed by atoms with E-state index in [9.17, 15) is 0 Å². The first-order valence-corrected chi connectivity index (χ1v) is 10.0. The Bertz CT molecular complexity index is 893. The quantitative estimate of drug-likeness (QED) is 0.394. The molecule has 2 aromatic carbocycles. The molecule has 0 bridgehead atoms. The van der Waals surface area contributed by atoms with Crippen LogP contribution in [-0.4, -0.2) is 27.7 Å². The summed E-state index contributed by atoms with van der Waals surface area (Å²) in [5.74, 6) is 2.36. The Hall–Kier alpha value is -2.12. The molecule has 0 N–H and O–H groups in total. The van der Waals surface area contributed by atoms with E-state index in [1.807, 2.05) is 50.2 Å². The van der Waals surface area contributed by atoms with Crippen molar-refractivity contribution >= 4 is 33.9 Å². The van der Waals surface area contributed by atoms with Crippen molar-refractivity contribution in [2.75, 3.05) is 6.61 Å². The van der Waals surface area contributed by atoms with Crippen molar-refractivity contribution in [2.24, 2.45) is 5.10 Å². The highest BCUT2D eigenvalue weighted by Crippen LogP contribution is 2.23. The van der Waals surface area contributed by atoms with Gasteiger partial charge in [0.25, 0.3) is 0 Å². The molecule has 0 atom stereocenters. The molecule has 0 saturated heterocycles. The highest BCUT2D eigenvalue weighted by Gasteiger charge is 2.09. The lowest BCUT2D eigenvalue weighted by molar-refractivity contribution is 0.340. The van der Waals surface area contributed by atoms with Gasteiger partial charge in [0.2, 0.25) is 5.16 Å². The summed E-state index contributed by atoms with van der Waals surface area (Å²) in [6, 6.07) is 16.1. The maximum absolute atomic E-state index is 5.64. The van der Waals surface area contributed by atoms with Gasteiger partial charge in [0.05, 0.1) is 12.8 Å². The van der Waals surface area contributed by atoms with E-state index >= 15 is 0 Å². The lowest BCUT2D eigenvalue weighted by Gasteiger charge is -2.06. The third kappa shape index (κ3) is 4.74. The number of nitrogens with zero attached hydrogens (tertiary/aromatic N) is 4. The maximum Gasteiger partial charge on any atom is 0.212 e. The molecule has 0 saturated carbocycles. The van der Waals surface area contributed by atoms with Gasteiger partial charge in [-0.05, 0) is 43.7 Å². The monoisotopic (exact) mass is 430 g/mol. The zero-order chi connectivity index (χ0) is 18.4. The molecule has 0 unspecified atom stereocenters. The van der Waals surface area contributed by atoms with Crippen molar-refractivity contribution < 1.29 is 4.74 Å². The summed E-state index contributed by atoms with van der Waals surface area (Å²) in [6.45, 7) is 4.47.